The van der Waals surface area contributed by atoms with Gasteiger partial charge in [-0.3, -0.25) is 4.79 Å². The number of rotatable bonds is 4. The molecule has 3 nitrogen and oxygen atoms in total. The van der Waals surface area contributed by atoms with Gasteiger partial charge in [0, 0.05) is 5.69 Å². The normalized spacial score (nSPS) is 12.6. The van der Waals surface area contributed by atoms with Crippen molar-refractivity contribution in [3.8, 4) is 5.75 Å². The van der Waals surface area contributed by atoms with Crippen molar-refractivity contribution in [2.75, 3.05) is 5.32 Å². The van der Waals surface area contributed by atoms with Gasteiger partial charge in [-0.25, -0.2) is 0 Å². The van der Waals surface area contributed by atoms with Crippen molar-refractivity contribution < 1.29 is 9.53 Å². The second-order valence-corrected chi connectivity index (χ2v) is 7.80. The third-order valence-electron chi connectivity index (χ3n) is 4.33. The predicted octanol–water partition coefficient (Wildman–Crippen LogP) is 5.32. The van der Waals surface area contributed by atoms with E-state index in [1.807, 2.05) is 38.1 Å². The molecule has 0 saturated heterocycles. The Morgan fingerprint density at radius 2 is 1.52 bits per heavy atom. The zero-order chi connectivity index (χ0) is 18.8. The van der Waals surface area contributed by atoms with Gasteiger partial charge in [0.2, 0.25) is 0 Å². The molecule has 0 saturated carbocycles. The minimum Gasteiger partial charge on any atom is -0.481 e. The number of anilines is 1. The van der Waals surface area contributed by atoms with E-state index in [0.29, 0.717) is 5.75 Å². The van der Waals surface area contributed by atoms with E-state index in [1.165, 1.54) is 11.1 Å². The molecular weight excluding hydrogens is 310 g/mol. The van der Waals surface area contributed by atoms with E-state index in [9.17, 15) is 4.79 Å². The van der Waals surface area contributed by atoms with Gasteiger partial charge < -0.3 is 10.1 Å². The first-order valence-corrected chi connectivity index (χ1v) is 8.74. The summed E-state index contributed by atoms with van der Waals surface area (Å²) >= 11 is 0. The van der Waals surface area contributed by atoms with E-state index in [2.05, 4.69) is 45.1 Å². The predicted molar refractivity (Wildman–Crippen MR) is 105 cm³/mol. The Morgan fingerprint density at radius 1 is 1.00 bits per heavy atom. The Bertz CT molecular complexity index is 732. The van der Waals surface area contributed by atoms with Crippen molar-refractivity contribution in [3.05, 3.63) is 58.7 Å². The molecule has 0 fully saturated rings. The van der Waals surface area contributed by atoms with Crippen LogP contribution < -0.4 is 10.1 Å². The summed E-state index contributed by atoms with van der Waals surface area (Å²) in [6.45, 7) is 14.4. The number of carbonyl (C=O) groups excluding carboxylic acids is 1. The number of hydrogen-bond donors (Lipinski definition) is 1. The zero-order valence-corrected chi connectivity index (χ0v) is 16.4. The fourth-order valence-electron chi connectivity index (χ4n) is 2.89. The number of amides is 1. The van der Waals surface area contributed by atoms with Gasteiger partial charge in [0.1, 0.15) is 5.75 Å². The van der Waals surface area contributed by atoms with Crippen LogP contribution >= 0.6 is 0 Å². The lowest BCUT2D eigenvalue weighted by Gasteiger charge is -2.20. The highest BCUT2D eigenvalue weighted by atomic mass is 16.5. The van der Waals surface area contributed by atoms with Crippen LogP contribution in [0.25, 0.3) is 0 Å². The maximum Gasteiger partial charge on any atom is 0.265 e. The van der Waals surface area contributed by atoms with Gasteiger partial charge in [0.05, 0.1) is 0 Å². The number of nitrogens with one attached hydrogen (secondary N) is 1. The monoisotopic (exact) mass is 339 g/mol. The molecule has 0 heterocycles. The molecule has 0 radical (unpaired) electrons. The third-order valence-corrected chi connectivity index (χ3v) is 4.33. The van der Waals surface area contributed by atoms with Crippen molar-refractivity contribution in [2.24, 2.45) is 0 Å². The minimum atomic E-state index is -0.569. The summed E-state index contributed by atoms with van der Waals surface area (Å²) in [7, 11) is 0. The minimum absolute atomic E-state index is 0.0992. The number of benzene rings is 2. The van der Waals surface area contributed by atoms with Crippen LogP contribution in [0.3, 0.4) is 0 Å². The molecule has 0 bridgehead atoms. The summed E-state index contributed by atoms with van der Waals surface area (Å²) in [5.74, 6) is 0.558. The SMILES string of the molecule is Cc1cc(C)c(NC(=O)[C@@H](C)Oc2ccc(C(C)(C)C)cc2)c(C)c1. The highest BCUT2D eigenvalue weighted by molar-refractivity contribution is 5.95. The Balaban J connectivity index is 2.06. The first kappa shape index (κ1) is 19.0. The van der Waals surface area contributed by atoms with Crippen molar-refractivity contribution in [1.29, 1.82) is 0 Å². The maximum absolute atomic E-state index is 12.5. The lowest BCUT2D eigenvalue weighted by Crippen LogP contribution is -2.30. The molecule has 0 aliphatic rings. The second-order valence-electron chi connectivity index (χ2n) is 7.80. The highest BCUT2D eigenvalue weighted by Crippen LogP contribution is 2.25. The first-order valence-electron chi connectivity index (χ1n) is 8.74. The molecule has 2 aromatic rings. The lowest BCUT2D eigenvalue weighted by molar-refractivity contribution is -0.122. The summed E-state index contributed by atoms with van der Waals surface area (Å²) in [6, 6.07) is 12.1. The van der Waals surface area contributed by atoms with Crippen molar-refractivity contribution in [1.82, 2.24) is 0 Å². The van der Waals surface area contributed by atoms with Crippen LogP contribution in [0, 0.1) is 20.8 Å². The Morgan fingerprint density at radius 3 is 2.00 bits per heavy atom. The number of ether oxygens (including phenoxy) is 1. The molecule has 0 aromatic heterocycles. The first-order chi connectivity index (χ1) is 11.6. The van der Waals surface area contributed by atoms with Crippen molar-refractivity contribution in [2.45, 2.75) is 60.0 Å². The summed E-state index contributed by atoms with van der Waals surface area (Å²) < 4.78 is 5.81. The second kappa shape index (κ2) is 7.30. The van der Waals surface area contributed by atoms with Crippen LogP contribution in [0.4, 0.5) is 5.69 Å². The molecule has 0 aliphatic carbocycles. The van der Waals surface area contributed by atoms with Crippen LogP contribution in [0.15, 0.2) is 36.4 Å². The molecule has 134 valence electrons. The molecule has 1 amide bonds. The molecule has 25 heavy (non-hydrogen) atoms. The molecule has 0 unspecified atom stereocenters. The van der Waals surface area contributed by atoms with Crippen molar-refractivity contribution in [3.63, 3.8) is 0 Å². The fourth-order valence-corrected chi connectivity index (χ4v) is 2.89. The summed E-state index contributed by atoms with van der Waals surface area (Å²) in [5, 5.41) is 3.00. The standard InChI is InChI=1S/C22H29NO2/c1-14-12-15(2)20(16(3)13-14)23-21(24)17(4)25-19-10-8-18(9-11-19)22(5,6)7/h8-13,17H,1-7H3,(H,23,24)/t17-/m1/s1. The van der Waals surface area contributed by atoms with E-state index >= 15 is 0 Å². The maximum atomic E-state index is 12.5. The van der Waals surface area contributed by atoms with Gasteiger partial charge in [0.25, 0.3) is 5.91 Å². The zero-order valence-electron chi connectivity index (χ0n) is 16.4. The highest BCUT2D eigenvalue weighted by Gasteiger charge is 2.18. The summed E-state index contributed by atoms with van der Waals surface area (Å²) in [4.78, 5) is 12.5. The van der Waals surface area contributed by atoms with E-state index < -0.39 is 6.10 Å². The molecule has 0 spiro atoms. The fraction of sp³-hybridized carbons (Fsp3) is 0.409. The largest absolute Gasteiger partial charge is 0.481 e. The Labute approximate surface area is 151 Å². The molecule has 1 N–H and O–H groups in total. The summed E-state index contributed by atoms with van der Waals surface area (Å²) in [5.41, 5.74) is 5.52. The molecule has 1 atom stereocenters. The third kappa shape index (κ3) is 4.85. The molecule has 2 aromatic carbocycles. The molecular formula is C22H29NO2. The average Bonchev–Trinajstić information content (AvgIpc) is 2.50. The average molecular weight is 339 g/mol. The van der Waals surface area contributed by atoms with Crippen LogP contribution in [-0.4, -0.2) is 12.0 Å². The molecule has 3 heteroatoms. The molecule has 2 rings (SSSR count). The van der Waals surface area contributed by atoms with Gasteiger partial charge in [-0.1, -0.05) is 50.6 Å². The van der Waals surface area contributed by atoms with Crippen LogP contribution in [0.2, 0.25) is 0 Å². The number of carbonyl (C=O) groups is 1. The summed E-state index contributed by atoms with van der Waals surface area (Å²) in [6.07, 6.45) is -0.569. The topological polar surface area (TPSA) is 38.3 Å². The van der Waals surface area contributed by atoms with E-state index in [1.54, 1.807) is 6.92 Å². The van der Waals surface area contributed by atoms with Crippen LogP contribution in [0.5, 0.6) is 5.75 Å². The number of aryl methyl sites for hydroxylation is 3. The lowest BCUT2D eigenvalue weighted by atomic mass is 9.87. The Kier molecular flexibility index (Phi) is 5.56. The number of hydrogen-bond acceptors (Lipinski definition) is 2. The van der Waals surface area contributed by atoms with Crippen LogP contribution in [-0.2, 0) is 10.2 Å². The van der Waals surface area contributed by atoms with Crippen LogP contribution in [0.1, 0.15) is 49.9 Å². The van der Waals surface area contributed by atoms with E-state index in [-0.39, 0.29) is 11.3 Å². The van der Waals surface area contributed by atoms with E-state index in [4.69, 9.17) is 4.74 Å². The molecule has 0 aliphatic heterocycles. The quantitative estimate of drug-likeness (QED) is 0.819. The van der Waals surface area contributed by atoms with Gasteiger partial charge in [0.15, 0.2) is 6.10 Å². The van der Waals surface area contributed by atoms with Gasteiger partial charge in [-0.2, -0.15) is 0 Å². The van der Waals surface area contributed by atoms with Crippen molar-refractivity contribution >= 4 is 11.6 Å². The van der Waals surface area contributed by atoms with Gasteiger partial charge in [-0.15, -0.1) is 0 Å². The van der Waals surface area contributed by atoms with Gasteiger partial charge in [-0.05, 0) is 61.9 Å². The smallest absolute Gasteiger partial charge is 0.265 e. The van der Waals surface area contributed by atoms with E-state index in [0.717, 1.165) is 16.8 Å². The van der Waals surface area contributed by atoms with Gasteiger partial charge >= 0.3 is 0 Å². The Hall–Kier alpha value is -2.29.